The van der Waals surface area contributed by atoms with Crippen LogP contribution >= 0.6 is 11.6 Å². The van der Waals surface area contributed by atoms with E-state index in [1.165, 1.54) is 13.2 Å². The summed E-state index contributed by atoms with van der Waals surface area (Å²) in [5.41, 5.74) is 1.38. The van der Waals surface area contributed by atoms with Crippen LogP contribution in [0.25, 0.3) is 11.0 Å². The third-order valence-corrected chi connectivity index (χ3v) is 3.50. The van der Waals surface area contributed by atoms with Gasteiger partial charge in [0, 0.05) is 24.4 Å². The fourth-order valence-electron chi connectivity index (χ4n) is 2.34. The Morgan fingerprint density at radius 2 is 2.29 bits per heavy atom. The van der Waals surface area contributed by atoms with Crippen LogP contribution < -0.4 is 4.74 Å². The van der Waals surface area contributed by atoms with Crippen molar-refractivity contribution in [2.75, 3.05) is 13.0 Å². The van der Waals surface area contributed by atoms with Crippen molar-refractivity contribution in [3.05, 3.63) is 47.9 Å². The molecule has 4 nitrogen and oxygen atoms in total. The zero-order valence-electron chi connectivity index (χ0n) is 11.5. The van der Waals surface area contributed by atoms with Crippen molar-refractivity contribution in [1.29, 1.82) is 0 Å². The highest BCUT2D eigenvalue weighted by atomic mass is 35.5. The molecule has 0 fully saturated rings. The largest absolute Gasteiger partial charge is 0.494 e. The Hall–Kier alpha value is -2.01. The van der Waals surface area contributed by atoms with E-state index < -0.39 is 5.82 Å². The van der Waals surface area contributed by atoms with Crippen molar-refractivity contribution < 1.29 is 13.5 Å². The number of rotatable bonds is 5. The first kappa shape index (κ1) is 13.9. The summed E-state index contributed by atoms with van der Waals surface area (Å²) >= 11 is 5.83. The highest BCUT2D eigenvalue weighted by molar-refractivity contribution is 6.17. The molecule has 2 heterocycles. The molecule has 0 aliphatic rings. The summed E-state index contributed by atoms with van der Waals surface area (Å²) in [4.78, 5) is 4.46. The highest BCUT2D eigenvalue weighted by Crippen LogP contribution is 2.26. The number of methoxy groups -OCH3 is 1. The van der Waals surface area contributed by atoms with Crippen molar-refractivity contribution in [2.24, 2.45) is 0 Å². The number of ether oxygens (including phenoxy) is 1. The minimum atomic E-state index is -0.426. The number of hydrogen-bond donors (Lipinski definition) is 0. The Morgan fingerprint density at radius 3 is 2.95 bits per heavy atom. The van der Waals surface area contributed by atoms with E-state index >= 15 is 0 Å². The molecular formula is C15H14ClFN2O2. The quantitative estimate of drug-likeness (QED) is 0.676. The van der Waals surface area contributed by atoms with Crippen LogP contribution in [-0.4, -0.2) is 22.5 Å². The SMILES string of the molecule is COc1cc2c(cc1F)nc(CCCl)n2Cc1ccco1. The van der Waals surface area contributed by atoms with Crippen LogP contribution in [0.4, 0.5) is 4.39 Å². The van der Waals surface area contributed by atoms with Crippen LogP contribution in [-0.2, 0) is 13.0 Å². The van der Waals surface area contributed by atoms with Crippen LogP contribution in [0.5, 0.6) is 5.75 Å². The first-order valence-electron chi connectivity index (χ1n) is 6.54. The van der Waals surface area contributed by atoms with Gasteiger partial charge < -0.3 is 13.7 Å². The maximum Gasteiger partial charge on any atom is 0.167 e. The summed E-state index contributed by atoms with van der Waals surface area (Å²) in [7, 11) is 1.44. The van der Waals surface area contributed by atoms with Gasteiger partial charge in [-0.15, -0.1) is 11.6 Å². The second-order valence-corrected chi connectivity index (χ2v) is 4.99. The second-order valence-electron chi connectivity index (χ2n) is 4.61. The van der Waals surface area contributed by atoms with Crippen molar-refractivity contribution in [3.8, 4) is 5.75 Å². The summed E-state index contributed by atoms with van der Waals surface area (Å²) in [5, 5.41) is 0. The van der Waals surface area contributed by atoms with E-state index in [9.17, 15) is 4.39 Å². The van der Waals surface area contributed by atoms with E-state index in [2.05, 4.69) is 4.98 Å². The van der Waals surface area contributed by atoms with Gasteiger partial charge in [-0.25, -0.2) is 9.37 Å². The van der Waals surface area contributed by atoms with E-state index in [1.807, 2.05) is 16.7 Å². The predicted molar refractivity (Wildman–Crippen MR) is 78.5 cm³/mol. The monoisotopic (exact) mass is 308 g/mol. The first-order chi connectivity index (χ1) is 10.2. The second kappa shape index (κ2) is 5.77. The average Bonchev–Trinajstić information content (AvgIpc) is 3.08. The van der Waals surface area contributed by atoms with Gasteiger partial charge in [-0.1, -0.05) is 0 Å². The van der Waals surface area contributed by atoms with E-state index in [-0.39, 0.29) is 5.75 Å². The Kier molecular flexibility index (Phi) is 3.84. The number of nitrogens with zero attached hydrogens (tertiary/aromatic N) is 2. The molecule has 3 aromatic rings. The summed E-state index contributed by atoms with van der Waals surface area (Å²) in [6.07, 6.45) is 2.22. The summed E-state index contributed by atoms with van der Waals surface area (Å²) < 4.78 is 26.2. The van der Waals surface area contributed by atoms with E-state index in [0.717, 1.165) is 17.1 Å². The standard InChI is InChI=1S/C15H14ClFN2O2/c1-20-14-8-13-12(7-11(14)17)18-15(4-5-16)19(13)9-10-3-2-6-21-10/h2-3,6-8H,4-5,9H2,1H3. The van der Waals surface area contributed by atoms with Crippen LogP contribution in [0.2, 0.25) is 0 Å². The number of furan rings is 1. The number of hydrogen-bond acceptors (Lipinski definition) is 3. The van der Waals surface area contributed by atoms with Crippen LogP contribution in [0, 0.1) is 5.82 Å². The van der Waals surface area contributed by atoms with Gasteiger partial charge in [0.1, 0.15) is 11.6 Å². The van der Waals surface area contributed by atoms with Gasteiger partial charge in [0.15, 0.2) is 11.6 Å². The van der Waals surface area contributed by atoms with Crippen LogP contribution in [0.1, 0.15) is 11.6 Å². The molecule has 110 valence electrons. The van der Waals surface area contributed by atoms with Gasteiger partial charge in [-0.05, 0) is 12.1 Å². The molecular weight excluding hydrogens is 295 g/mol. The van der Waals surface area contributed by atoms with Gasteiger partial charge in [-0.2, -0.15) is 0 Å². The fourth-order valence-corrected chi connectivity index (χ4v) is 2.51. The molecule has 0 saturated heterocycles. The van der Waals surface area contributed by atoms with Gasteiger partial charge >= 0.3 is 0 Å². The highest BCUT2D eigenvalue weighted by Gasteiger charge is 2.15. The van der Waals surface area contributed by atoms with Crippen molar-refractivity contribution >= 4 is 22.6 Å². The van der Waals surface area contributed by atoms with Gasteiger partial charge in [0.2, 0.25) is 0 Å². The molecule has 0 aliphatic carbocycles. The average molecular weight is 309 g/mol. The normalized spacial score (nSPS) is 11.2. The van der Waals surface area contributed by atoms with Gasteiger partial charge in [-0.3, -0.25) is 0 Å². The van der Waals surface area contributed by atoms with E-state index in [1.54, 1.807) is 12.3 Å². The molecule has 0 amide bonds. The lowest BCUT2D eigenvalue weighted by Crippen LogP contribution is -2.05. The molecule has 0 unspecified atom stereocenters. The predicted octanol–water partition coefficient (Wildman–Crippen LogP) is 3.61. The molecule has 1 aromatic carbocycles. The van der Waals surface area contributed by atoms with Crippen LogP contribution in [0.3, 0.4) is 0 Å². The zero-order valence-corrected chi connectivity index (χ0v) is 12.2. The van der Waals surface area contributed by atoms with Gasteiger partial charge in [0.25, 0.3) is 0 Å². The Balaban J connectivity index is 2.15. The fraction of sp³-hybridized carbons (Fsp3) is 0.267. The van der Waals surface area contributed by atoms with Crippen molar-refractivity contribution in [2.45, 2.75) is 13.0 Å². The van der Waals surface area contributed by atoms with Crippen LogP contribution in [0.15, 0.2) is 34.9 Å². The molecule has 3 rings (SSSR count). The molecule has 0 aliphatic heterocycles. The number of aromatic nitrogens is 2. The number of aryl methyl sites for hydroxylation is 1. The molecule has 0 atom stereocenters. The topological polar surface area (TPSA) is 40.2 Å². The maximum absolute atomic E-state index is 13.8. The molecule has 0 bridgehead atoms. The summed E-state index contributed by atoms with van der Waals surface area (Å²) in [5.74, 6) is 1.81. The number of benzene rings is 1. The molecule has 0 radical (unpaired) electrons. The summed E-state index contributed by atoms with van der Waals surface area (Å²) in [6.45, 7) is 0.518. The molecule has 21 heavy (non-hydrogen) atoms. The van der Waals surface area contributed by atoms with E-state index in [0.29, 0.717) is 24.4 Å². The number of imidazole rings is 1. The molecule has 0 spiro atoms. The van der Waals surface area contributed by atoms with E-state index in [4.69, 9.17) is 20.8 Å². The number of fused-ring (bicyclic) bond motifs is 1. The molecule has 2 aromatic heterocycles. The van der Waals surface area contributed by atoms with Crippen molar-refractivity contribution in [1.82, 2.24) is 9.55 Å². The Bertz CT molecular complexity index is 753. The van der Waals surface area contributed by atoms with Gasteiger partial charge in [0.05, 0.1) is 31.0 Å². The molecule has 0 N–H and O–H groups in total. The third-order valence-electron chi connectivity index (χ3n) is 3.31. The Morgan fingerprint density at radius 1 is 1.43 bits per heavy atom. The third kappa shape index (κ3) is 2.61. The maximum atomic E-state index is 13.8. The smallest absolute Gasteiger partial charge is 0.167 e. The minimum Gasteiger partial charge on any atom is -0.494 e. The number of alkyl halides is 1. The van der Waals surface area contributed by atoms with Crippen molar-refractivity contribution in [3.63, 3.8) is 0 Å². The zero-order chi connectivity index (χ0) is 14.8. The lowest BCUT2D eigenvalue weighted by Gasteiger charge is -2.07. The molecule has 6 heteroatoms. The Labute approximate surface area is 126 Å². The number of halogens is 2. The summed E-state index contributed by atoms with van der Waals surface area (Å²) in [6, 6.07) is 6.75. The lowest BCUT2D eigenvalue weighted by atomic mass is 10.2. The first-order valence-corrected chi connectivity index (χ1v) is 7.07. The minimum absolute atomic E-state index is 0.195. The molecule has 0 saturated carbocycles. The lowest BCUT2D eigenvalue weighted by molar-refractivity contribution is 0.387.